The van der Waals surface area contributed by atoms with Gasteiger partial charge in [0.2, 0.25) is 0 Å². The van der Waals surface area contributed by atoms with Crippen molar-refractivity contribution in [3.05, 3.63) is 48.6 Å². The van der Waals surface area contributed by atoms with Crippen molar-refractivity contribution in [3.63, 3.8) is 0 Å². The van der Waals surface area contributed by atoms with Gasteiger partial charge in [-0.1, -0.05) is 55.5 Å². The zero-order valence-electron chi connectivity index (χ0n) is 16.6. The predicted molar refractivity (Wildman–Crippen MR) is 109 cm³/mol. The molecular weight excluding hydrogens is 360 g/mol. The van der Waals surface area contributed by atoms with E-state index in [4.69, 9.17) is 9.84 Å². The number of rotatable bonds is 13. The summed E-state index contributed by atoms with van der Waals surface area (Å²) in [6.45, 7) is 2.08. The highest BCUT2D eigenvalue weighted by Gasteiger charge is 2.35. The molecule has 5 atom stereocenters. The normalized spacial score (nSPS) is 25.5. The largest absolute Gasteiger partial charge is 0.481 e. The van der Waals surface area contributed by atoms with Crippen molar-refractivity contribution in [2.75, 3.05) is 0 Å². The lowest BCUT2D eigenvalue weighted by molar-refractivity contribution is -0.136. The molecule has 6 nitrogen and oxygen atoms in total. The fourth-order valence-corrected chi connectivity index (χ4v) is 2.84. The number of allylic oxidation sites excluding steroid dienone is 4. The number of aliphatic hydroxyl groups is 3. The maximum absolute atomic E-state index is 10.4. The van der Waals surface area contributed by atoms with E-state index in [0.29, 0.717) is 25.7 Å². The van der Waals surface area contributed by atoms with E-state index in [1.54, 1.807) is 24.3 Å². The first-order chi connectivity index (χ1) is 13.4. The van der Waals surface area contributed by atoms with Crippen molar-refractivity contribution in [1.82, 2.24) is 0 Å². The number of ether oxygens (including phenoxy) is 1. The standard InChI is InChI=1S/C22H34O6/c1-2-3-4-5-6-8-11-17(23)14-15-20-19(25)16-21(28-20)18(24)12-9-7-10-13-22(26)27/h3-4,6-9,14-15,17-21,23-25H,2,5,10-13,16H2,1H3,(H,26,27)/b4-3-,8-6-,9-7-,15-14+/t17-,18-,19-,20+,21+/m0/s1. The van der Waals surface area contributed by atoms with Gasteiger partial charge in [0, 0.05) is 12.8 Å². The molecule has 0 amide bonds. The van der Waals surface area contributed by atoms with Crippen LogP contribution >= 0.6 is 0 Å². The topological polar surface area (TPSA) is 107 Å². The van der Waals surface area contributed by atoms with Crippen LogP contribution in [0.2, 0.25) is 0 Å². The van der Waals surface area contributed by atoms with E-state index in [9.17, 15) is 20.1 Å². The Morgan fingerprint density at radius 2 is 1.82 bits per heavy atom. The average Bonchev–Trinajstić information content (AvgIpc) is 3.03. The zero-order chi connectivity index (χ0) is 20.8. The Balaban J connectivity index is 2.34. The molecule has 1 rings (SSSR count). The third-order valence-electron chi connectivity index (χ3n) is 4.42. The molecule has 6 heteroatoms. The second-order valence-corrected chi connectivity index (χ2v) is 6.92. The van der Waals surface area contributed by atoms with E-state index in [0.717, 1.165) is 12.8 Å². The van der Waals surface area contributed by atoms with Crippen LogP contribution in [0.5, 0.6) is 0 Å². The van der Waals surface area contributed by atoms with Crippen molar-refractivity contribution < 1.29 is 30.0 Å². The molecule has 28 heavy (non-hydrogen) atoms. The molecule has 1 fully saturated rings. The first-order valence-corrected chi connectivity index (χ1v) is 9.98. The van der Waals surface area contributed by atoms with Crippen LogP contribution in [-0.4, -0.2) is 56.9 Å². The summed E-state index contributed by atoms with van der Waals surface area (Å²) in [6, 6.07) is 0. The Kier molecular flexibility index (Phi) is 12.4. The Labute approximate surface area is 167 Å². The van der Waals surface area contributed by atoms with Crippen molar-refractivity contribution in [2.45, 2.75) is 82.4 Å². The lowest BCUT2D eigenvalue weighted by Crippen LogP contribution is -2.25. The Bertz CT molecular complexity index is 551. The molecule has 0 aliphatic carbocycles. The molecule has 0 spiro atoms. The maximum atomic E-state index is 10.4. The van der Waals surface area contributed by atoms with Crippen LogP contribution in [0.3, 0.4) is 0 Å². The summed E-state index contributed by atoms with van der Waals surface area (Å²) in [5, 5.41) is 38.9. The second-order valence-electron chi connectivity index (χ2n) is 6.92. The van der Waals surface area contributed by atoms with Gasteiger partial charge in [0.1, 0.15) is 6.10 Å². The molecule has 1 heterocycles. The highest BCUT2D eigenvalue weighted by molar-refractivity contribution is 5.66. The van der Waals surface area contributed by atoms with E-state index < -0.39 is 36.5 Å². The molecule has 0 unspecified atom stereocenters. The molecular formula is C22H34O6. The van der Waals surface area contributed by atoms with Gasteiger partial charge in [-0.15, -0.1) is 0 Å². The molecule has 0 aromatic rings. The third kappa shape index (κ3) is 10.6. The smallest absolute Gasteiger partial charge is 0.303 e. The summed E-state index contributed by atoms with van der Waals surface area (Å²) in [4.78, 5) is 10.4. The van der Waals surface area contributed by atoms with E-state index in [1.807, 2.05) is 12.2 Å². The molecule has 1 aliphatic rings. The van der Waals surface area contributed by atoms with Gasteiger partial charge in [-0.3, -0.25) is 4.79 Å². The summed E-state index contributed by atoms with van der Waals surface area (Å²) in [7, 11) is 0. The molecule has 1 aliphatic heterocycles. The summed E-state index contributed by atoms with van der Waals surface area (Å²) in [6.07, 6.45) is 15.1. The summed E-state index contributed by atoms with van der Waals surface area (Å²) in [5.41, 5.74) is 0. The van der Waals surface area contributed by atoms with Crippen LogP contribution in [0.4, 0.5) is 0 Å². The van der Waals surface area contributed by atoms with Gasteiger partial charge >= 0.3 is 5.97 Å². The Morgan fingerprint density at radius 3 is 2.54 bits per heavy atom. The van der Waals surface area contributed by atoms with Crippen LogP contribution in [-0.2, 0) is 9.53 Å². The van der Waals surface area contributed by atoms with Crippen LogP contribution in [0.1, 0.15) is 51.9 Å². The number of aliphatic carboxylic acids is 1. The van der Waals surface area contributed by atoms with Crippen molar-refractivity contribution in [1.29, 1.82) is 0 Å². The molecule has 0 bridgehead atoms. The highest BCUT2D eigenvalue weighted by atomic mass is 16.5. The van der Waals surface area contributed by atoms with E-state index in [2.05, 4.69) is 19.1 Å². The molecule has 1 saturated heterocycles. The molecule has 0 radical (unpaired) electrons. The van der Waals surface area contributed by atoms with Gasteiger partial charge in [0.15, 0.2) is 0 Å². The average molecular weight is 395 g/mol. The van der Waals surface area contributed by atoms with Gasteiger partial charge < -0.3 is 25.2 Å². The van der Waals surface area contributed by atoms with E-state index in [-0.39, 0.29) is 6.42 Å². The molecule has 0 aromatic heterocycles. The Hall–Kier alpha value is -1.73. The van der Waals surface area contributed by atoms with Crippen molar-refractivity contribution >= 4 is 5.97 Å². The second kappa shape index (κ2) is 14.3. The van der Waals surface area contributed by atoms with Crippen molar-refractivity contribution in [3.8, 4) is 0 Å². The lowest BCUT2D eigenvalue weighted by Gasteiger charge is -2.16. The number of hydrogen-bond donors (Lipinski definition) is 4. The van der Waals surface area contributed by atoms with Crippen LogP contribution in [0.25, 0.3) is 0 Å². The minimum Gasteiger partial charge on any atom is -0.481 e. The number of carbonyl (C=O) groups is 1. The van der Waals surface area contributed by atoms with Crippen LogP contribution in [0, 0.1) is 0 Å². The van der Waals surface area contributed by atoms with Gasteiger partial charge in [0.25, 0.3) is 0 Å². The number of hydrogen-bond acceptors (Lipinski definition) is 5. The molecule has 158 valence electrons. The fraction of sp³-hybridized carbons (Fsp3) is 0.591. The zero-order valence-corrected chi connectivity index (χ0v) is 16.6. The Morgan fingerprint density at radius 1 is 1.11 bits per heavy atom. The monoisotopic (exact) mass is 394 g/mol. The summed E-state index contributed by atoms with van der Waals surface area (Å²) in [5.74, 6) is -0.854. The van der Waals surface area contributed by atoms with E-state index >= 15 is 0 Å². The minimum absolute atomic E-state index is 0.0606. The summed E-state index contributed by atoms with van der Waals surface area (Å²) >= 11 is 0. The van der Waals surface area contributed by atoms with Crippen LogP contribution < -0.4 is 0 Å². The molecule has 0 aromatic carbocycles. The number of aliphatic hydroxyl groups excluding tert-OH is 3. The molecule has 0 saturated carbocycles. The quantitative estimate of drug-likeness (QED) is 0.358. The SMILES string of the molecule is CC/C=C\C/C=C\C[C@H](O)/C=C/[C@H]1O[C@@H]([C@@H](O)C/C=C\CCC(=O)O)C[C@@H]1O. The lowest BCUT2D eigenvalue weighted by atomic mass is 10.0. The number of carboxylic acid groups (broad SMARTS) is 1. The van der Waals surface area contributed by atoms with Gasteiger partial charge in [-0.2, -0.15) is 0 Å². The van der Waals surface area contributed by atoms with Gasteiger partial charge in [-0.05, 0) is 32.1 Å². The van der Waals surface area contributed by atoms with Gasteiger partial charge in [0.05, 0.1) is 24.4 Å². The minimum atomic E-state index is -0.854. The fourth-order valence-electron chi connectivity index (χ4n) is 2.84. The molecule has 4 N–H and O–H groups in total. The van der Waals surface area contributed by atoms with Gasteiger partial charge in [-0.25, -0.2) is 0 Å². The number of carboxylic acids is 1. The maximum Gasteiger partial charge on any atom is 0.303 e. The first kappa shape index (κ1) is 24.3. The third-order valence-corrected chi connectivity index (χ3v) is 4.42. The summed E-state index contributed by atoms with van der Waals surface area (Å²) < 4.78 is 5.70. The predicted octanol–water partition coefficient (Wildman–Crippen LogP) is 2.90. The van der Waals surface area contributed by atoms with Crippen LogP contribution in [0.15, 0.2) is 48.6 Å². The van der Waals surface area contributed by atoms with E-state index in [1.165, 1.54) is 0 Å². The first-order valence-electron chi connectivity index (χ1n) is 9.98. The highest BCUT2D eigenvalue weighted by Crippen LogP contribution is 2.25. The van der Waals surface area contributed by atoms with Crippen molar-refractivity contribution in [2.24, 2.45) is 0 Å².